The molecular weight excluding hydrogens is 443 g/mol. The van der Waals surface area contributed by atoms with Crippen molar-refractivity contribution in [2.45, 2.75) is 57.7 Å². The molecule has 0 radical (unpaired) electrons. The summed E-state index contributed by atoms with van der Waals surface area (Å²) in [5.41, 5.74) is 0.0367. The number of amides is 1. The molecule has 1 N–H and O–H groups in total. The number of anilines is 1. The van der Waals surface area contributed by atoms with Gasteiger partial charge in [-0.1, -0.05) is 13.0 Å². The summed E-state index contributed by atoms with van der Waals surface area (Å²) in [6.07, 6.45) is 0.948. The van der Waals surface area contributed by atoms with Crippen molar-refractivity contribution in [1.29, 1.82) is 0 Å². The first-order chi connectivity index (χ1) is 14.8. The number of carbonyl (C=O) groups excluding carboxylic acids is 2. The van der Waals surface area contributed by atoms with Gasteiger partial charge < -0.3 is 10.2 Å². The first kappa shape index (κ1) is 26.5. The van der Waals surface area contributed by atoms with Crippen LogP contribution in [-0.4, -0.2) is 55.4 Å². The van der Waals surface area contributed by atoms with Crippen LogP contribution in [0, 0.1) is 5.92 Å². The van der Waals surface area contributed by atoms with Crippen molar-refractivity contribution >= 4 is 29.8 Å². The lowest BCUT2D eigenvalue weighted by atomic mass is 9.84. The maximum Gasteiger partial charge on any atom is 0.416 e. The van der Waals surface area contributed by atoms with E-state index >= 15 is 0 Å². The zero-order valence-corrected chi connectivity index (χ0v) is 19.3. The average Bonchev–Trinajstić information content (AvgIpc) is 2.78. The van der Waals surface area contributed by atoms with E-state index in [4.69, 9.17) is 0 Å². The Hall–Kier alpha value is -1.80. The largest absolute Gasteiger partial charge is 0.416 e. The zero-order chi connectivity index (χ0) is 22.4. The summed E-state index contributed by atoms with van der Waals surface area (Å²) in [6, 6.07) is 5.68. The summed E-state index contributed by atoms with van der Waals surface area (Å²) in [7, 11) is 0. The Balaban J connectivity index is 0.00000363. The third-order valence-electron chi connectivity index (χ3n) is 6.52. The number of piperazine rings is 1. The van der Waals surface area contributed by atoms with Gasteiger partial charge in [-0.05, 0) is 62.8 Å². The topological polar surface area (TPSA) is 52.7 Å². The highest BCUT2D eigenvalue weighted by Gasteiger charge is 2.31. The highest BCUT2D eigenvalue weighted by Crippen LogP contribution is 2.32. The van der Waals surface area contributed by atoms with E-state index in [-0.39, 0.29) is 30.7 Å². The highest BCUT2D eigenvalue weighted by molar-refractivity contribution is 6.36. The van der Waals surface area contributed by atoms with E-state index in [1.807, 2.05) is 4.90 Å². The number of benzene rings is 1. The fourth-order valence-electron chi connectivity index (χ4n) is 4.50. The van der Waals surface area contributed by atoms with Gasteiger partial charge in [-0.2, -0.15) is 13.2 Å². The normalized spacial score (nSPS) is 22.2. The maximum absolute atomic E-state index is 13.0. The number of carbonyl (C=O) groups is 2. The van der Waals surface area contributed by atoms with Crippen molar-refractivity contribution in [3.63, 3.8) is 0 Å². The minimum absolute atomic E-state index is 0. The molecule has 1 heterocycles. The number of alkyl halides is 3. The Bertz CT molecular complexity index is 759. The fraction of sp³-hybridized carbons (Fsp3) is 0.652. The molecule has 0 unspecified atom stereocenters. The molecule has 0 bridgehead atoms. The minimum atomic E-state index is -4.31. The van der Waals surface area contributed by atoms with Gasteiger partial charge >= 0.3 is 6.18 Å². The predicted octanol–water partition coefficient (Wildman–Crippen LogP) is 4.29. The minimum Gasteiger partial charge on any atom is -0.369 e. The van der Waals surface area contributed by atoms with Crippen LogP contribution in [0.1, 0.15) is 51.0 Å². The lowest BCUT2D eigenvalue weighted by Gasteiger charge is -2.37. The molecule has 1 saturated carbocycles. The number of halogens is 4. The van der Waals surface area contributed by atoms with Gasteiger partial charge in [0.2, 0.25) is 5.78 Å². The Kier molecular flexibility index (Phi) is 9.83. The molecule has 1 aliphatic heterocycles. The second-order valence-electron chi connectivity index (χ2n) is 8.63. The third-order valence-corrected chi connectivity index (χ3v) is 6.52. The molecule has 5 nitrogen and oxygen atoms in total. The van der Waals surface area contributed by atoms with Crippen molar-refractivity contribution in [2.24, 2.45) is 5.92 Å². The molecule has 32 heavy (non-hydrogen) atoms. The van der Waals surface area contributed by atoms with Crippen LogP contribution in [0.25, 0.3) is 0 Å². The second kappa shape index (κ2) is 11.9. The number of hydrogen-bond donors (Lipinski definition) is 1. The van der Waals surface area contributed by atoms with Crippen molar-refractivity contribution < 1.29 is 22.8 Å². The number of Topliss-reactive ketones (excluding diaryl/α,β-unsaturated/α-hetero) is 1. The summed E-state index contributed by atoms with van der Waals surface area (Å²) >= 11 is 0. The van der Waals surface area contributed by atoms with Gasteiger partial charge in [0.1, 0.15) is 0 Å². The quantitative estimate of drug-likeness (QED) is 0.598. The Labute approximate surface area is 194 Å². The summed E-state index contributed by atoms with van der Waals surface area (Å²) in [5, 5.41) is 2.85. The number of ketones is 1. The lowest BCUT2D eigenvalue weighted by molar-refractivity contribution is -0.138. The number of nitrogens with one attached hydrogen (secondary N) is 1. The van der Waals surface area contributed by atoms with Gasteiger partial charge in [-0.15, -0.1) is 12.4 Å². The summed E-state index contributed by atoms with van der Waals surface area (Å²) < 4.78 is 38.9. The lowest BCUT2D eigenvalue weighted by Crippen LogP contribution is -2.47. The molecule has 0 atom stereocenters. The number of hydrogen-bond acceptors (Lipinski definition) is 4. The SMILES string of the molecule is CCC(=O)C(=O)NC1CCC(CCN2CCN(c3cccc(C(F)(F)F)c3)CC2)CC1.Cl. The van der Waals surface area contributed by atoms with Crippen LogP contribution in [0.2, 0.25) is 0 Å². The van der Waals surface area contributed by atoms with Gasteiger partial charge in [0.05, 0.1) is 5.56 Å². The van der Waals surface area contributed by atoms with Crippen LogP contribution in [-0.2, 0) is 15.8 Å². The van der Waals surface area contributed by atoms with Crippen molar-refractivity contribution in [1.82, 2.24) is 10.2 Å². The molecular formula is C23H33ClF3N3O2. The van der Waals surface area contributed by atoms with Gasteiger partial charge in [-0.3, -0.25) is 14.5 Å². The van der Waals surface area contributed by atoms with Crippen LogP contribution >= 0.6 is 12.4 Å². The Morgan fingerprint density at radius 1 is 1.06 bits per heavy atom. The van der Waals surface area contributed by atoms with Gasteiger partial charge in [-0.25, -0.2) is 0 Å². The van der Waals surface area contributed by atoms with Crippen LogP contribution < -0.4 is 10.2 Å². The molecule has 0 aromatic heterocycles. The van der Waals surface area contributed by atoms with Crippen molar-refractivity contribution in [3.05, 3.63) is 29.8 Å². The standard InChI is InChI=1S/C23H32F3N3O2.ClH/c1-2-21(30)22(31)27-19-8-6-17(7-9-19)10-11-28-12-14-29(15-13-28)20-5-3-4-18(16-20)23(24,25)26;/h3-5,16-17,19H,2,6-15H2,1H3,(H,27,31);1H. The van der Waals surface area contributed by atoms with Crippen LogP contribution in [0.15, 0.2) is 24.3 Å². The smallest absolute Gasteiger partial charge is 0.369 e. The summed E-state index contributed by atoms with van der Waals surface area (Å²) in [4.78, 5) is 27.6. The average molecular weight is 476 g/mol. The highest BCUT2D eigenvalue weighted by atomic mass is 35.5. The Morgan fingerprint density at radius 3 is 2.31 bits per heavy atom. The van der Waals surface area contributed by atoms with Gasteiger partial charge in [0, 0.05) is 44.3 Å². The van der Waals surface area contributed by atoms with E-state index in [2.05, 4.69) is 10.2 Å². The monoisotopic (exact) mass is 475 g/mol. The molecule has 1 aliphatic carbocycles. The molecule has 3 rings (SSSR count). The fourth-order valence-corrected chi connectivity index (χ4v) is 4.50. The van der Waals surface area contributed by atoms with E-state index in [0.29, 0.717) is 11.6 Å². The maximum atomic E-state index is 13.0. The Morgan fingerprint density at radius 2 is 1.72 bits per heavy atom. The molecule has 1 saturated heterocycles. The third kappa shape index (κ3) is 7.37. The molecule has 0 spiro atoms. The predicted molar refractivity (Wildman–Crippen MR) is 121 cm³/mol. The van der Waals surface area contributed by atoms with Gasteiger partial charge in [0.25, 0.3) is 5.91 Å². The van der Waals surface area contributed by atoms with E-state index in [1.165, 1.54) is 12.1 Å². The molecule has 2 aliphatic rings. The van der Waals surface area contributed by atoms with Gasteiger partial charge in [0.15, 0.2) is 0 Å². The zero-order valence-electron chi connectivity index (χ0n) is 18.5. The van der Waals surface area contributed by atoms with Crippen LogP contribution in [0.3, 0.4) is 0 Å². The molecule has 180 valence electrons. The number of nitrogens with zero attached hydrogens (tertiary/aromatic N) is 2. The van der Waals surface area contributed by atoms with Crippen molar-refractivity contribution in [3.8, 4) is 0 Å². The molecule has 1 aromatic rings. The van der Waals surface area contributed by atoms with Crippen LogP contribution in [0.4, 0.5) is 18.9 Å². The van der Waals surface area contributed by atoms with Crippen LogP contribution in [0.5, 0.6) is 0 Å². The summed E-state index contributed by atoms with van der Waals surface area (Å²) in [5.74, 6) is -0.187. The second-order valence-corrected chi connectivity index (χ2v) is 8.63. The van der Waals surface area contributed by atoms with E-state index in [9.17, 15) is 22.8 Å². The first-order valence-corrected chi connectivity index (χ1v) is 11.2. The van der Waals surface area contributed by atoms with E-state index in [1.54, 1.807) is 13.0 Å². The first-order valence-electron chi connectivity index (χ1n) is 11.2. The van der Waals surface area contributed by atoms with E-state index in [0.717, 1.165) is 70.9 Å². The molecule has 1 aromatic carbocycles. The van der Waals surface area contributed by atoms with Crippen molar-refractivity contribution in [2.75, 3.05) is 37.6 Å². The molecule has 2 fully saturated rings. The van der Waals surface area contributed by atoms with E-state index < -0.39 is 17.6 Å². The molecule has 1 amide bonds. The molecule has 9 heteroatoms. The number of rotatable bonds is 7. The summed E-state index contributed by atoms with van der Waals surface area (Å²) in [6.45, 7) is 5.84.